The molecule has 46 heavy (non-hydrogen) atoms. The number of fused-ring (bicyclic) bond motifs is 3. The summed E-state index contributed by atoms with van der Waals surface area (Å²) < 4.78 is 5.79. The minimum absolute atomic E-state index is 0. The molecule has 0 radical (unpaired) electrons. The average Bonchev–Trinajstić information content (AvgIpc) is 3.69. The molecule has 0 unspecified atom stereocenters. The summed E-state index contributed by atoms with van der Waals surface area (Å²) in [5, 5.41) is 0. The van der Waals surface area contributed by atoms with Crippen LogP contribution in [-0.2, 0) is 41.5 Å². The Morgan fingerprint density at radius 2 is 1.22 bits per heavy atom. The Morgan fingerprint density at radius 3 is 1.59 bits per heavy atom. The van der Waals surface area contributed by atoms with Crippen LogP contribution in [0.4, 0.5) is 0 Å². The standard InChI is InChI=1S/C21H25.2C7H6I.C5H5.CH2.2ClH.Zr/c1-20(2,3)16-9-7-14-11-15-8-10-17(21(4,5)6)13-19(15)18(14)12-16;2*1-6-4-2-3-5-7(6)8;1-2-4-5-3-1;;;;/h7,9-10,12-13H,11H2,1-6H3;2*2-5H,1H2;1-3H,4H2;1H2;2*1H;/q4*-1;;;;. The average molecular weight is 955 g/mol. The molecule has 4 aromatic carbocycles. The van der Waals surface area contributed by atoms with Crippen LogP contribution < -0.4 is 0 Å². The van der Waals surface area contributed by atoms with Crippen molar-refractivity contribution in [1.29, 1.82) is 0 Å². The van der Waals surface area contributed by atoms with Crippen molar-refractivity contribution in [2.24, 2.45) is 0 Å². The fourth-order valence-corrected chi connectivity index (χ4v) is 5.10. The Hall–Kier alpha value is -1.11. The monoisotopic (exact) mass is 952 g/mol. The van der Waals surface area contributed by atoms with Crippen molar-refractivity contribution in [3.63, 3.8) is 0 Å². The fraction of sp³-hybridized carbons (Fsp3) is 0.244. The molecule has 0 heterocycles. The molecule has 0 nitrogen and oxygen atoms in total. The van der Waals surface area contributed by atoms with Gasteiger partial charge in [-0.15, -0.1) is 106 Å². The van der Waals surface area contributed by atoms with Gasteiger partial charge in [-0.25, -0.2) is 12.2 Å². The second-order valence-electron chi connectivity index (χ2n) is 12.5. The van der Waals surface area contributed by atoms with Crippen molar-refractivity contribution in [2.75, 3.05) is 0 Å². The van der Waals surface area contributed by atoms with Crippen LogP contribution in [0.25, 0.3) is 11.1 Å². The van der Waals surface area contributed by atoms with Gasteiger partial charge in [-0.2, -0.15) is 72.5 Å². The van der Waals surface area contributed by atoms with Crippen LogP contribution in [0.2, 0.25) is 0 Å². The number of allylic oxidation sites excluding steroid dienone is 4. The van der Waals surface area contributed by atoms with E-state index in [9.17, 15) is 0 Å². The van der Waals surface area contributed by atoms with E-state index in [1.54, 1.807) is 0 Å². The van der Waals surface area contributed by atoms with Gasteiger partial charge in [0.15, 0.2) is 0 Å². The molecule has 6 rings (SSSR count). The van der Waals surface area contributed by atoms with Gasteiger partial charge >= 0.3 is 28.4 Å². The number of hydrogen-bond donors (Lipinski definition) is 0. The van der Waals surface area contributed by atoms with Crippen molar-refractivity contribution < 1.29 is 24.2 Å². The van der Waals surface area contributed by atoms with Gasteiger partial charge in [0.25, 0.3) is 0 Å². The second kappa shape index (κ2) is 21.8. The summed E-state index contributed by atoms with van der Waals surface area (Å²) in [4.78, 5) is 0. The van der Waals surface area contributed by atoms with E-state index in [0.717, 1.165) is 24.0 Å². The van der Waals surface area contributed by atoms with Gasteiger partial charge < -0.3 is 0 Å². The van der Waals surface area contributed by atoms with E-state index in [2.05, 4.69) is 153 Å². The topological polar surface area (TPSA) is 0 Å². The molecule has 0 atom stereocenters. The van der Waals surface area contributed by atoms with Crippen LogP contribution in [0, 0.1) is 33.1 Å². The number of rotatable bonds is 0. The molecule has 0 amide bonds. The van der Waals surface area contributed by atoms with E-state index < -0.39 is 0 Å². The molecule has 0 saturated carbocycles. The summed E-state index contributed by atoms with van der Waals surface area (Å²) in [6.07, 6.45) is 11.0. The Bertz CT molecular complexity index is 1400. The number of halogens is 4. The Balaban J connectivity index is 0.000000669. The number of hydrogen-bond acceptors (Lipinski definition) is 0. The first kappa shape index (κ1) is 44.9. The molecule has 2 aliphatic carbocycles. The normalized spacial score (nSPS) is 11.5. The van der Waals surface area contributed by atoms with E-state index in [0.29, 0.717) is 0 Å². The zero-order valence-corrected chi connectivity index (χ0v) is 36.3. The summed E-state index contributed by atoms with van der Waals surface area (Å²) in [6, 6.07) is 31.2. The van der Waals surface area contributed by atoms with Gasteiger partial charge in [0.2, 0.25) is 0 Å². The van der Waals surface area contributed by atoms with Gasteiger partial charge in [0.1, 0.15) is 0 Å². The van der Waals surface area contributed by atoms with Crippen LogP contribution in [0.15, 0.2) is 97.1 Å². The predicted molar refractivity (Wildman–Crippen MR) is 221 cm³/mol. The third-order valence-corrected chi connectivity index (χ3v) is 9.13. The molecule has 0 aliphatic heterocycles. The van der Waals surface area contributed by atoms with Gasteiger partial charge in [0, 0.05) is 0 Å². The Morgan fingerprint density at radius 1 is 0.717 bits per heavy atom. The molecule has 0 aromatic heterocycles. The van der Waals surface area contributed by atoms with Crippen LogP contribution in [0.3, 0.4) is 0 Å². The van der Waals surface area contributed by atoms with Gasteiger partial charge in [-0.1, -0.05) is 95.6 Å². The Labute approximate surface area is 334 Å². The summed E-state index contributed by atoms with van der Waals surface area (Å²) >= 11 is 5.82. The van der Waals surface area contributed by atoms with E-state index in [1.807, 2.05) is 60.7 Å². The zero-order chi connectivity index (χ0) is 32.9. The van der Waals surface area contributed by atoms with E-state index >= 15 is 0 Å². The molecular formula is C41H46Cl2I2Zr-4. The van der Waals surface area contributed by atoms with Crippen molar-refractivity contribution in [1.82, 2.24) is 0 Å². The van der Waals surface area contributed by atoms with Crippen LogP contribution in [-0.4, -0.2) is 4.21 Å². The molecular weight excluding hydrogens is 908 g/mol. The third-order valence-electron chi connectivity index (χ3n) is 7.03. The van der Waals surface area contributed by atoms with Crippen molar-refractivity contribution in [3.8, 4) is 11.1 Å². The zero-order valence-electron chi connectivity index (χ0n) is 27.8. The molecule has 2 aliphatic rings. The Kier molecular flexibility index (Phi) is 21.3. The van der Waals surface area contributed by atoms with Gasteiger partial charge in [-0.05, 0) is 17.4 Å². The maximum atomic E-state index is 3.81. The maximum absolute atomic E-state index is 3.81. The molecule has 0 N–H and O–H groups in total. The molecule has 5 heteroatoms. The van der Waals surface area contributed by atoms with Gasteiger partial charge in [0.05, 0.1) is 0 Å². The van der Waals surface area contributed by atoms with Gasteiger partial charge in [-0.3, -0.25) is 6.08 Å². The number of benzene rings is 4. The minimum atomic E-state index is 0. The predicted octanol–water partition coefficient (Wildman–Crippen LogP) is 12.7. The second-order valence-corrected chi connectivity index (χ2v) is 14.8. The van der Waals surface area contributed by atoms with Crippen molar-refractivity contribution in [3.05, 3.63) is 164 Å². The fourth-order valence-electron chi connectivity index (χ4n) is 4.32. The summed E-state index contributed by atoms with van der Waals surface area (Å²) in [6.45, 7) is 21.3. The molecule has 0 bridgehead atoms. The molecule has 0 spiro atoms. The summed E-state index contributed by atoms with van der Waals surface area (Å²) in [7, 11) is 0. The summed E-state index contributed by atoms with van der Waals surface area (Å²) in [5.74, 6) is 0. The molecule has 0 fully saturated rings. The summed E-state index contributed by atoms with van der Waals surface area (Å²) in [5.41, 5.74) is 11.0. The first-order valence-electron chi connectivity index (χ1n) is 14.7. The van der Waals surface area contributed by atoms with Crippen molar-refractivity contribution in [2.45, 2.75) is 65.2 Å². The van der Waals surface area contributed by atoms with Crippen LogP contribution >= 0.6 is 70.0 Å². The van der Waals surface area contributed by atoms with E-state index in [4.69, 9.17) is 0 Å². The molecule has 246 valence electrons. The first-order valence-corrected chi connectivity index (χ1v) is 18.6. The molecule has 4 aromatic rings. The van der Waals surface area contributed by atoms with E-state index in [1.165, 1.54) is 64.8 Å². The third kappa shape index (κ3) is 14.6. The van der Waals surface area contributed by atoms with E-state index in [-0.39, 0.29) is 35.6 Å². The SMILES string of the molecule is CC(C)(C)c1c[c-]c2c(c1)-c1cc(C(C)(C)C)ccc1C2.Cl.Cl.[C-]1=CC=CC1.[CH2-]c1ccccc1I.[CH2-]c1ccccc1I.[CH2]=[Zr]. The van der Waals surface area contributed by atoms with Crippen LogP contribution in [0.5, 0.6) is 0 Å². The quantitative estimate of drug-likeness (QED) is 0.107. The van der Waals surface area contributed by atoms with Crippen LogP contribution in [0.1, 0.15) is 81.3 Å². The van der Waals surface area contributed by atoms with Crippen molar-refractivity contribution >= 4 is 74.2 Å². The molecule has 0 saturated heterocycles. The first-order chi connectivity index (χ1) is 20.8.